The van der Waals surface area contributed by atoms with Crippen molar-refractivity contribution in [1.29, 1.82) is 0 Å². The highest BCUT2D eigenvalue weighted by atomic mass is 35.5. The Hall–Kier alpha value is -1.15. The van der Waals surface area contributed by atoms with Crippen LogP contribution >= 0.6 is 11.6 Å². The number of pyridine rings is 1. The monoisotopic (exact) mass is 237 g/mol. The lowest BCUT2D eigenvalue weighted by molar-refractivity contribution is 0.103. The Morgan fingerprint density at radius 1 is 1.25 bits per heavy atom. The second kappa shape index (κ2) is 4.79. The molecular weight excluding hydrogens is 222 g/mol. The quantitative estimate of drug-likeness (QED) is 0.445. The maximum Gasteiger partial charge on any atom is 0.191 e. The minimum absolute atomic E-state index is 0.0411. The van der Waals surface area contributed by atoms with Gasteiger partial charge in [-0.05, 0) is 51.3 Å². The van der Waals surface area contributed by atoms with Crippen molar-refractivity contribution in [1.82, 2.24) is 4.98 Å². The summed E-state index contributed by atoms with van der Waals surface area (Å²) in [6, 6.07) is 0. The molecule has 0 spiro atoms. The number of aryl methyl sites for hydroxylation is 1. The molecule has 0 fully saturated rings. The van der Waals surface area contributed by atoms with Crippen molar-refractivity contribution in [2.75, 3.05) is 0 Å². The number of carbonyl (C=O) groups is 1. The standard InChI is InChI=1S/C13H16ClNO/c1-6-7(2)12(16)11-9(4)8(3)10(5)15-13(11)14/h6H,1-5H3/b7-6+. The molecule has 0 radical (unpaired) electrons. The normalized spacial score (nSPS) is 11.8. The Morgan fingerprint density at radius 2 is 1.81 bits per heavy atom. The van der Waals surface area contributed by atoms with E-state index in [-0.39, 0.29) is 5.78 Å². The van der Waals surface area contributed by atoms with Crippen LogP contribution in [0, 0.1) is 20.8 Å². The van der Waals surface area contributed by atoms with Gasteiger partial charge in [0.1, 0.15) is 5.15 Å². The summed E-state index contributed by atoms with van der Waals surface area (Å²) >= 11 is 6.04. The Kier molecular flexibility index (Phi) is 3.87. The van der Waals surface area contributed by atoms with Gasteiger partial charge in [0.15, 0.2) is 5.78 Å². The van der Waals surface area contributed by atoms with Crippen molar-refractivity contribution in [2.45, 2.75) is 34.6 Å². The predicted octanol–water partition coefficient (Wildman–Crippen LogP) is 3.81. The van der Waals surface area contributed by atoms with Crippen LogP contribution in [0.25, 0.3) is 0 Å². The van der Waals surface area contributed by atoms with Crippen molar-refractivity contribution in [3.8, 4) is 0 Å². The number of carbonyl (C=O) groups excluding carboxylic acids is 1. The Labute approximate surface area is 101 Å². The highest BCUT2D eigenvalue weighted by Gasteiger charge is 2.18. The van der Waals surface area contributed by atoms with E-state index < -0.39 is 0 Å². The van der Waals surface area contributed by atoms with E-state index in [0.717, 1.165) is 16.8 Å². The number of ketones is 1. The number of allylic oxidation sites excluding steroid dienone is 2. The third-order valence-corrected chi connectivity index (χ3v) is 3.24. The zero-order valence-electron chi connectivity index (χ0n) is 10.3. The smallest absolute Gasteiger partial charge is 0.191 e. The zero-order chi connectivity index (χ0) is 12.5. The molecule has 1 aromatic heterocycles. The summed E-state index contributed by atoms with van der Waals surface area (Å²) in [5, 5.41) is 0.298. The van der Waals surface area contributed by atoms with Crippen LogP contribution in [-0.2, 0) is 0 Å². The summed E-state index contributed by atoms with van der Waals surface area (Å²) in [7, 11) is 0. The van der Waals surface area contributed by atoms with E-state index in [2.05, 4.69) is 4.98 Å². The van der Waals surface area contributed by atoms with Gasteiger partial charge < -0.3 is 0 Å². The van der Waals surface area contributed by atoms with Gasteiger partial charge in [-0.2, -0.15) is 0 Å². The molecule has 0 saturated carbocycles. The van der Waals surface area contributed by atoms with E-state index in [1.54, 1.807) is 13.0 Å². The molecule has 0 aliphatic carbocycles. The largest absolute Gasteiger partial charge is 0.289 e. The van der Waals surface area contributed by atoms with Crippen molar-refractivity contribution >= 4 is 17.4 Å². The topological polar surface area (TPSA) is 30.0 Å². The van der Waals surface area contributed by atoms with Crippen LogP contribution in [0.2, 0.25) is 5.15 Å². The number of halogens is 1. The van der Waals surface area contributed by atoms with Crippen molar-refractivity contribution < 1.29 is 4.79 Å². The van der Waals surface area contributed by atoms with Gasteiger partial charge in [0.05, 0.1) is 5.56 Å². The third-order valence-electron chi connectivity index (χ3n) is 2.97. The molecule has 0 unspecified atom stereocenters. The fourth-order valence-corrected chi connectivity index (χ4v) is 1.85. The molecule has 0 aliphatic heterocycles. The molecule has 0 aromatic carbocycles. The van der Waals surface area contributed by atoms with Gasteiger partial charge in [-0.3, -0.25) is 4.79 Å². The first-order valence-electron chi connectivity index (χ1n) is 5.21. The predicted molar refractivity (Wildman–Crippen MR) is 67.2 cm³/mol. The van der Waals surface area contributed by atoms with E-state index in [9.17, 15) is 4.79 Å². The lowest BCUT2D eigenvalue weighted by Crippen LogP contribution is -2.08. The number of hydrogen-bond acceptors (Lipinski definition) is 2. The van der Waals surface area contributed by atoms with Gasteiger partial charge in [-0.15, -0.1) is 0 Å². The molecule has 0 N–H and O–H groups in total. The first kappa shape index (κ1) is 12.9. The van der Waals surface area contributed by atoms with E-state index in [1.807, 2.05) is 27.7 Å². The summed E-state index contributed by atoms with van der Waals surface area (Å²) in [5.41, 5.74) is 4.04. The van der Waals surface area contributed by atoms with Gasteiger partial charge in [-0.1, -0.05) is 17.7 Å². The average molecular weight is 238 g/mol. The van der Waals surface area contributed by atoms with Gasteiger partial charge in [0, 0.05) is 5.69 Å². The first-order chi connectivity index (χ1) is 7.40. The molecular formula is C13H16ClNO. The molecule has 1 heterocycles. The van der Waals surface area contributed by atoms with E-state index in [0.29, 0.717) is 16.3 Å². The summed E-state index contributed by atoms with van der Waals surface area (Å²) in [6.45, 7) is 9.38. The summed E-state index contributed by atoms with van der Waals surface area (Å²) in [5.74, 6) is -0.0411. The molecule has 0 atom stereocenters. The molecule has 0 bridgehead atoms. The molecule has 86 valence electrons. The van der Waals surface area contributed by atoms with E-state index in [1.165, 1.54) is 0 Å². The van der Waals surface area contributed by atoms with Crippen LogP contribution in [-0.4, -0.2) is 10.8 Å². The molecule has 0 aliphatic rings. The fourth-order valence-electron chi connectivity index (χ4n) is 1.49. The summed E-state index contributed by atoms with van der Waals surface area (Å²) < 4.78 is 0. The van der Waals surface area contributed by atoms with Gasteiger partial charge in [0.2, 0.25) is 0 Å². The highest BCUT2D eigenvalue weighted by Crippen LogP contribution is 2.25. The van der Waals surface area contributed by atoms with Gasteiger partial charge >= 0.3 is 0 Å². The van der Waals surface area contributed by atoms with E-state index in [4.69, 9.17) is 11.6 Å². The van der Waals surface area contributed by atoms with Crippen molar-refractivity contribution in [2.24, 2.45) is 0 Å². The second-order valence-corrected chi connectivity index (χ2v) is 4.27. The molecule has 1 rings (SSSR count). The zero-order valence-corrected chi connectivity index (χ0v) is 11.1. The van der Waals surface area contributed by atoms with Gasteiger partial charge in [0.25, 0.3) is 0 Å². The maximum absolute atomic E-state index is 12.1. The Balaban J connectivity index is 3.46. The molecule has 0 saturated heterocycles. The molecule has 0 amide bonds. The van der Waals surface area contributed by atoms with Crippen molar-refractivity contribution in [3.05, 3.63) is 39.2 Å². The minimum Gasteiger partial charge on any atom is -0.289 e. The number of hydrogen-bond donors (Lipinski definition) is 0. The number of rotatable bonds is 2. The average Bonchev–Trinajstić information content (AvgIpc) is 2.24. The summed E-state index contributed by atoms with van der Waals surface area (Å²) in [4.78, 5) is 16.3. The van der Waals surface area contributed by atoms with Crippen LogP contribution in [0.4, 0.5) is 0 Å². The molecule has 2 nitrogen and oxygen atoms in total. The lowest BCUT2D eigenvalue weighted by Gasteiger charge is -2.11. The maximum atomic E-state index is 12.1. The van der Waals surface area contributed by atoms with Crippen LogP contribution in [0.5, 0.6) is 0 Å². The molecule has 1 aromatic rings. The highest BCUT2D eigenvalue weighted by molar-refractivity contribution is 6.34. The Morgan fingerprint density at radius 3 is 2.31 bits per heavy atom. The van der Waals surface area contributed by atoms with Crippen LogP contribution in [0.15, 0.2) is 11.6 Å². The number of Topliss-reactive ketones (excluding diaryl/α,β-unsaturated/α-hetero) is 1. The lowest BCUT2D eigenvalue weighted by atomic mass is 9.97. The van der Waals surface area contributed by atoms with Gasteiger partial charge in [-0.25, -0.2) is 4.98 Å². The van der Waals surface area contributed by atoms with Crippen molar-refractivity contribution in [3.63, 3.8) is 0 Å². The summed E-state index contributed by atoms with van der Waals surface area (Å²) in [6.07, 6.45) is 1.79. The first-order valence-corrected chi connectivity index (χ1v) is 5.58. The molecule has 16 heavy (non-hydrogen) atoms. The fraction of sp³-hybridized carbons (Fsp3) is 0.385. The third kappa shape index (κ3) is 2.17. The second-order valence-electron chi connectivity index (χ2n) is 3.91. The van der Waals surface area contributed by atoms with Crippen LogP contribution in [0.1, 0.15) is 41.0 Å². The van der Waals surface area contributed by atoms with Crippen LogP contribution < -0.4 is 0 Å². The van der Waals surface area contributed by atoms with E-state index >= 15 is 0 Å². The Bertz CT molecular complexity index is 475. The molecule has 3 heteroatoms. The number of aromatic nitrogens is 1. The number of nitrogens with zero attached hydrogens (tertiary/aromatic N) is 1. The SMILES string of the molecule is C/C=C(\C)C(=O)c1c(Cl)nc(C)c(C)c1C. The van der Waals surface area contributed by atoms with Crippen LogP contribution in [0.3, 0.4) is 0 Å². The minimum atomic E-state index is -0.0411.